The number of hydrogen-bond acceptors (Lipinski definition) is 9. The molecule has 3 aromatic rings. The Balaban J connectivity index is 1.19. The molecule has 2 aromatic carbocycles. The number of ether oxygens (including phenoxy) is 1. The van der Waals surface area contributed by atoms with Crippen molar-refractivity contribution < 1.29 is 32.4 Å². The van der Waals surface area contributed by atoms with E-state index in [4.69, 9.17) is 9.57 Å². The smallest absolute Gasteiger partial charge is 0.259 e. The molecule has 3 amide bonds. The summed E-state index contributed by atoms with van der Waals surface area (Å²) in [5.74, 6) is -1.38. The van der Waals surface area contributed by atoms with E-state index in [0.29, 0.717) is 25.0 Å². The molecule has 2 heterocycles. The van der Waals surface area contributed by atoms with E-state index in [1.54, 1.807) is 24.7 Å². The van der Waals surface area contributed by atoms with Gasteiger partial charge in [0.2, 0.25) is 21.8 Å². The second-order valence-corrected chi connectivity index (χ2v) is 15.3. The Labute approximate surface area is 284 Å². The second-order valence-electron chi connectivity index (χ2n) is 12.4. The van der Waals surface area contributed by atoms with Gasteiger partial charge in [-0.15, -0.1) is 17.9 Å². The maximum absolute atomic E-state index is 13.9. The number of carbonyl (C=O) groups excluding carboxylic acids is 3. The van der Waals surface area contributed by atoms with E-state index in [-0.39, 0.29) is 31.7 Å². The van der Waals surface area contributed by atoms with Crippen LogP contribution in [-0.2, 0) is 35.7 Å². The number of thiophene rings is 1. The van der Waals surface area contributed by atoms with Crippen molar-refractivity contribution in [2.24, 2.45) is 11.1 Å². The van der Waals surface area contributed by atoms with Gasteiger partial charge in [0.25, 0.3) is 5.91 Å². The zero-order valence-corrected chi connectivity index (χ0v) is 28.2. The lowest BCUT2D eigenvalue weighted by atomic mass is 10.1. The van der Waals surface area contributed by atoms with E-state index in [1.165, 1.54) is 11.0 Å². The van der Waals surface area contributed by atoms with E-state index in [0.717, 1.165) is 21.6 Å². The van der Waals surface area contributed by atoms with Crippen LogP contribution < -0.4 is 14.8 Å². The highest BCUT2D eigenvalue weighted by Gasteiger charge is 2.61. The Morgan fingerprint density at radius 1 is 1.12 bits per heavy atom. The number of amides is 3. The molecule has 0 bridgehead atoms. The minimum atomic E-state index is -3.83. The van der Waals surface area contributed by atoms with Crippen molar-refractivity contribution in [3.8, 4) is 16.2 Å². The molecule has 252 valence electrons. The number of oxime groups is 1. The summed E-state index contributed by atoms with van der Waals surface area (Å²) in [6.07, 6.45) is 4.49. The number of likely N-dealkylation sites (tertiary alicyclic amines) is 1. The lowest BCUT2D eigenvalue weighted by molar-refractivity contribution is -0.139. The highest BCUT2D eigenvalue weighted by Crippen LogP contribution is 2.45. The largest absolute Gasteiger partial charge is 0.497 e. The molecule has 1 aliphatic heterocycles. The van der Waals surface area contributed by atoms with Gasteiger partial charge < -0.3 is 19.8 Å². The lowest BCUT2D eigenvalue weighted by Crippen LogP contribution is -2.56. The van der Waals surface area contributed by atoms with Crippen LogP contribution >= 0.6 is 11.3 Å². The predicted octanol–water partition coefficient (Wildman–Crippen LogP) is 4.05. The number of nitrogens with zero attached hydrogens (tertiary/aromatic N) is 2. The molecular weight excluding hydrogens is 653 g/mol. The SMILES string of the molecule is C=C[C@@H]1C[C@@]1(NC(=O)C1CC(O/N=C/c2cc(OC)ccc2-c2cccs2)CN1C(=O)CCc1ccccc1)C(=O)NS(=O)(=O)C1CC1. The molecule has 6 rings (SSSR count). The van der Waals surface area contributed by atoms with Crippen molar-refractivity contribution in [2.75, 3.05) is 13.7 Å². The minimum Gasteiger partial charge on any atom is -0.497 e. The fourth-order valence-corrected chi connectivity index (χ4v) is 8.20. The number of rotatable bonds is 14. The monoisotopic (exact) mass is 690 g/mol. The molecule has 1 aromatic heterocycles. The second kappa shape index (κ2) is 13.9. The van der Waals surface area contributed by atoms with Crippen LogP contribution in [0.3, 0.4) is 0 Å². The summed E-state index contributed by atoms with van der Waals surface area (Å²) in [6, 6.07) is 18.3. The van der Waals surface area contributed by atoms with Crippen molar-refractivity contribution in [3.63, 3.8) is 0 Å². The van der Waals surface area contributed by atoms with E-state index in [2.05, 4.69) is 21.8 Å². The molecule has 2 saturated carbocycles. The molecule has 11 nitrogen and oxygen atoms in total. The first kappa shape index (κ1) is 33.4. The van der Waals surface area contributed by atoms with Gasteiger partial charge in [-0.3, -0.25) is 19.1 Å². The van der Waals surface area contributed by atoms with Crippen LogP contribution in [0.15, 0.2) is 83.9 Å². The van der Waals surface area contributed by atoms with Gasteiger partial charge in [0.05, 0.1) is 25.1 Å². The van der Waals surface area contributed by atoms with Gasteiger partial charge in [0.1, 0.15) is 23.4 Å². The van der Waals surface area contributed by atoms with Gasteiger partial charge in [0.15, 0.2) is 0 Å². The van der Waals surface area contributed by atoms with Gasteiger partial charge in [-0.05, 0) is 60.9 Å². The number of hydrogen-bond donors (Lipinski definition) is 2. The van der Waals surface area contributed by atoms with Crippen LogP contribution in [0.4, 0.5) is 0 Å². The summed E-state index contributed by atoms with van der Waals surface area (Å²) >= 11 is 1.59. The molecule has 48 heavy (non-hydrogen) atoms. The minimum absolute atomic E-state index is 0.110. The van der Waals surface area contributed by atoms with E-state index in [1.807, 2.05) is 66.0 Å². The summed E-state index contributed by atoms with van der Waals surface area (Å²) in [7, 11) is -2.24. The van der Waals surface area contributed by atoms with Crippen molar-refractivity contribution in [3.05, 3.63) is 89.8 Å². The van der Waals surface area contributed by atoms with E-state index < -0.39 is 50.7 Å². The van der Waals surface area contributed by atoms with Crippen LogP contribution in [0.5, 0.6) is 5.75 Å². The first-order chi connectivity index (χ1) is 23.1. The topological polar surface area (TPSA) is 143 Å². The maximum atomic E-state index is 13.9. The van der Waals surface area contributed by atoms with E-state index in [9.17, 15) is 22.8 Å². The van der Waals surface area contributed by atoms with Crippen LogP contribution in [0.2, 0.25) is 0 Å². The number of aryl methyl sites for hydroxylation is 1. The van der Waals surface area contributed by atoms with Crippen molar-refractivity contribution in [1.29, 1.82) is 0 Å². The molecule has 13 heteroatoms. The summed E-state index contributed by atoms with van der Waals surface area (Å²) in [4.78, 5) is 49.2. The standard InChI is InChI=1S/C35H38N4O7S2/c1-3-25-20-35(25,34(42)38-48(43,44)28-13-14-28)37-33(41)30-19-27(22-39(30)32(40)16-11-23-8-5-4-6-9-23)46-36-21-24-18-26(45-2)12-15-29(24)31-10-7-17-47-31/h3-10,12,15,17-18,21,25,27-28,30H,1,11,13-14,16,19-20,22H2,2H3,(H,37,41)(H,38,42)/b36-21+/t25-,27?,30?,35+/m1/s1. The average molecular weight is 691 g/mol. The van der Waals surface area contributed by atoms with Crippen molar-refractivity contribution in [2.45, 2.75) is 61.5 Å². The molecule has 2 N–H and O–H groups in total. The predicted molar refractivity (Wildman–Crippen MR) is 183 cm³/mol. The molecule has 3 aliphatic rings. The number of benzene rings is 2. The number of methoxy groups -OCH3 is 1. The Bertz CT molecular complexity index is 1810. The summed E-state index contributed by atoms with van der Waals surface area (Å²) in [6.45, 7) is 3.87. The fraction of sp³-hybridized carbons (Fsp3) is 0.371. The Morgan fingerprint density at radius 2 is 1.92 bits per heavy atom. The van der Waals surface area contributed by atoms with Crippen LogP contribution in [0.1, 0.15) is 43.2 Å². The number of sulfonamides is 1. The van der Waals surface area contributed by atoms with Gasteiger partial charge in [-0.1, -0.05) is 47.6 Å². The fourth-order valence-electron chi connectivity index (χ4n) is 6.06. The summed E-state index contributed by atoms with van der Waals surface area (Å²) < 4.78 is 32.7. The highest BCUT2D eigenvalue weighted by molar-refractivity contribution is 7.91. The quantitative estimate of drug-likeness (QED) is 0.148. The molecule has 0 spiro atoms. The molecular formula is C35H38N4O7S2. The van der Waals surface area contributed by atoms with Crippen LogP contribution in [0.25, 0.3) is 10.4 Å². The Hall–Kier alpha value is -4.49. The lowest BCUT2D eigenvalue weighted by Gasteiger charge is -2.26. The van der Waals surface area contributed by atoms with Crippen LogP contribution in [-0.4, -0.2) is 73.8 Å². The third kappa shape index (κ3) is 7.31. The third-order valence-corrected chi connectivity index (χ3v) is 11.8. The zero-order chi connectivity index (χ0) is 33.9. The van der Waals surface area contributed by atoms with Crippen molar-refractivity contribution in [1.82, 2.24) is 14.9 Å². The molecule has 1 saturated heterocycles. The van der Waals surface area contributed by atoms with Gasteiger partial charge in [0, 0.05) is 34.8 Å². The van der Waals surface area contributed by atoms with Crippen LogP contribution in [0, 0.1) is 5.92 Å². The maximum Gasteiger partial charge on any atom is 0.259 e. The summed E-state index contributed by atoms with van der Waals surface area (Å²) in [5, 5.41) is 8.46. The molecule has 3 fully saturated rings. The number of carbonyl (C=O) groups is 3. The normalized spacial score (nSPS) is 23.4. The average Bonchev–Trinajstić information content (AvgIpc) is 3.96. The van der Waals surface area contributed by atoms with E-state index >= 15 is 0 Å². The molecule has 4 atom stereocenters. The van der Waals surface area contributed by atoms with Gasteiger partial charge in [-0.25, -0.2) is 8.42 Å². The zero-order valence-electron chi connectivity index (χ0n) is 26.5. The first-order valence-electron chi connectivity index (χ1n) is 15.9. The Kier molecular flexibility index (Phi) is 9.70. The first-order valence-corrected chi connectivity index (χ1v) is 18.3. The molecule has 2 aliphatic carbocycles. The summed E-state index contributed by atoms with van der Waals surface area (Å²) in [5.41, 5.74) is 1.26. The molecule has 0 radical (unpaired) electrons. The van der Waals surface area contributed by atoms with Gasteiger partial charge >= 0.3 is 0 Å². The van der Waals surface area contributed by atoms with Gasteiger partial charge in [-0.2, -0.15) is 0 Å². The highest BCUT2D eigenvalue weighted by atomic mass is 32.2. The molecule has 2 unspecified atom stereocenters. The number of nitrogens with one attached hydrogen (secondary N) is 2. The van der Waals surface area contributed by atoms with Crippen molar-refractivity contribution >= 4 is 45.3 Å². The third-order valence-electron chi connectivity index (χ3n) is 9.05. The Morgan fingerprint density at radius 3 is 2.58 bits per heavy atom.